The van der Waals surface area contributed by atoms with Crippen LogP contribution in [-0.4, -0.2) is 120 Å². The molecule has 4 aromatic rings. The lowest BCUT2D eigenvalue weighted by Crippen LogP contribution is -2.74. The first kappa shape index (κ1) is 44.4. The predicted octanol–water partition coefficient (Wildman–Crippen LogP) is 3.75. The van der Waals surface area contributed by atoms with Gasteiger partial charge >= 0.3 is 6.09 Å². The molecular weight excluding hydrogens is 837 g/mol. The monoisotopic (exact) mass is 905 g/mol. The van der Waals surface area contributed by atoms with Crippen LogP contribution in [0, 0.1) is 11.8 Å². The zero-order valence-corrected chi connectivity index (χ0v) is 38.3. The molecule has 4 aliphatic heterocycles. The molecule has 2 amide bonds. The summed E-state index contributed by atoms with van der Waals surface area (Å²) in [5.74, 6) is 13.5. The average Bonchev–Trinajstić information content (AvgIpc) is 4.12. The fourth-order valence-corrected chi connectivity index (χ4v) is 12.4. The van der Waals surface area contributed by atoms with Gasteiger partial charge in [0.25, 0.3) is 0 Å². The van der Waals surface area contributed by atoms with Gasteiger partial charge in [0.2, 0.25) is 5.91 Å². The van der Waals surface area contributed by atoms with E-state index in [0.29, 0.717) is 38.9 Å². The number of likely N-dealkylation sites (tertiary alicyclic amines) is 2. The van der Waals surface area contributed by atoms with Crippen LogP contribution in [0.5, 0.6) is 0 Å². The van der Waals surface area contributed by atoms with E-state index in [9.17, 15) is 9.59 Å². The minimum atomic E-state index is -0.722. The topological polar surface area (TPSA) is 262 Å². The van der Waals surface area contributed by atoms with Gasteiger partial charge in [0, 0.05) is 71.5 Å². The van der Waals surface area contributed by atoms with Gasteiger partial charge in [-0.3, -0.25) is 46.3 Å². The summed E-state index contributed by atoms with van der Waals surface area (Å²) >= 11 is 0. The van der Waals surface area contributed by atoms with E-state index < -0.39 is 36.3 Å². The van der Waals surface area contributed by atoms with Gasteiger partial charge in [0.15, 0.2) is 12.6 Å². The van der Waals surface area contributed by atoms with E-state index >= 15 is 0 Å². The van der Waals surface area contributed by atoms with Crippen molar-refractivity contribution in [1.82, 2.24) is 45.5 Å². The second-order valence-corrected chi connectivity index (χ2v) is 19.8. The summed E-state index contributed by atoms with van der Waals surface area (Å²) in [6, 6.07) is 12.1. The standard InChI is InChI=1S/C47H68N16O3/c1-28-11-16-36(42(48)64)43(61(28)39-10-6-5-9-35(39)40-18-21-58(44(49)62(40)51)32-14-12-29-25-53-56-37(29)23-32)60-27-31(55-46(65)66-34-7-3-4-8-34)17-20-47(60,2)41-19-22-59(45(50)63(41)52)33-15-13-30-26-54-57-38(30)24-33/h12-15,18-19,23-26,28,31,34-36,39,43-45H,3-11,16-17,20-22,27,49-52H2,1-2H3,(H2,48,64)(H,53,56)(H,54,57)(H,55,65)/t28-,31-,35?,36-,39?,43?,44?,45?,47-/m1/s1. The summed E-state index contributed by atoms with van der Waals surface area (Å²) in [6.45, 7) is 6.03. The number of H-pyrrole nitrogens is 2. The summed E-state index contributed by atoms with van der Waals surface area (Å²) in [5, 5.41) is 23.3. The number of alkyl carbamates (subject to hydrolysis) is 1. The third-order valence-corrected chi connectivity index (χ3v) is 16.0. The number of primary amides is 1. The predicted molar refractivity (Wildman–Crippen MR) is 254 cm³/mol. The lowest BCUT2D eigenvalue weighted by molar-refractivity contribution is -0.156. The Labute approximate surface area is 385 Å². The van der Waals surface area contributed by atoms with Gasteiger partial charge < -0.3 is 25.6 Å². The normalized spacial score (nSPS) is 31.9. The third-order valence-electron chi connectivity index (χ3n) is 16.0. The van der Waals surface area contributed by atoms with Crippen molar-refractivity contribution in [2.45, 2.75) is 139 Å². The highest BCUT2D eigenvalue weighted by atomic mass is 16.6. The number of amides is 2. The second-order valence-electron chi connectivity index (χ2n) is 19.8. The maximum Gasteiger partial charge on any atom is 0.407 e. The Morgan fingerprint density at radius 1 is 0.803 bits per heavy atom. The number of ether oxygens (including phenoxy) is 1. The molecule has 0 radical (unpaired) electrons. The second kappa shape index (κ2) is 18.0. The van der Waals surface area contributed by atoms with Crippen LogP contribution in [0.25, 0.3) is 21.8 Å². The maximum absolute atomic E-state index is 14.0. The van der Waals surface area contributed by atoms with Crippen LogP contribution >= 0.6 is 0 Å². The molecule has 13 N–H and O–H groups in total. The van der Waals surface area contributed by atoms with Crippen molar-refractivity contribution in [3.05, 3.63) is 72.3 Å². The molecule has 19 nitrogen and oxygen atoms in total. The Bertz CT molecular complexity index is 2470. The van der Waals surface area contributed by atoms with Gasteiger partial charge in [-0.2, -0.15) is 10.2 Å². The number of aromatic amines is 2. The number of benzene rings is 2. The van der Waals surface area contributed by atoms with Gasteiger partial charge in [-0.1, -0.05) is 12.8 Å². The number of fused-ring (bicyclic) bond motifs is 2. The Morgan fingerprint density at radius 3 is 2.09 bits per heavy atom. The SMILES string of the molecule is C[C@@H]1CC[C@H](C(N)=O)C(N2C[C@H](NC(=O)OC3CCCC3)CC[C@]2(C)C2=CCN(c3ccc4cn[nH]c4c3)C(N)N2N)N1C1CCCCC1C1=CCN(c2ccc3cn[nH]c3c2)C(N)N1N. The van der Waals surface area contributed by atoms with Crippen molar-refractivity contribution in [3.8, 4) is 0 Å². The van der Waals surface area contributed by atoms with Gasteiger partial charge in [-0.25, -0.2) is 16.5 Å². The number of carbonyl (C=O) groups excluding carboxylic acids is 2. The number of aromatic nitrogens is 4. The number of rotatable bonds is 9. The molecule has 2 aliphatic carbocycles. The number of hydrogen-bond acceptors (Lipinski definition) is 15. The van der Waals surface area contributed by atoms with E-state index in [1.54, 1.807) is 16.2 Å². The molecule has 2 aromatic carbocycles. The minimum absolute atomic E-state index is 0.00710. The minimum Gasteiger partial charge on any atom is -0.446 e. The van der Waals surface area contributed by atoms with Crippen LogP contribution in [0.2, 0.25) is 0 Å². The van der Waals surface area contributed by atoms with E-state index in [4.69, 9.17) is 33.6 Å². The van der Waals surface area contributed by atoms with Crippen molar-refractivity contribution < 1.29 is 14.3 Å². The number of anilines is 2. The number of nitrogens with one attached hydrogen (secondary N) is 3. The summed E-state index contributed by atoms with van der Waals surface area (Å²) in [7, 11) is 0. The van der Waals surface area contributed by atoms with E-state index in [1.165, 1.54) is 0 Å². The van der Waals surface area contributed by atoms with E-state index in [0.717, 1.165) is 102 Å². The Hall–Kier alpha value is -5.44. The van der Waals surface area contributed by atoms with Crippen molar-refractivity contribution in [3.63, 3.8) is 0 Å². The number of hydrogen-bond donors (Lipinski definition) is 8. The zero-order chi connectivity index (χ0) is 45.9. The van der Waals surface area contributed by atoms with Gasteiger partial charge in [-0.05, 0) is 127 Å². The average molecular weight is 905 g/mol. The summed E-state index contributed by atoms with van der Waals surface area (Å²) < 4.78 is 5.95. The highest BCUT2D eigenvalue weighted by molar-refractivity contribution is 5.83. The van der Waals surface area contributed by atoms with Crippen molar-refractivity contribution in [2.24, 2.45) is 40.7 Å². The van der Waals surface area contributed by atoms with E-state index in [-0.39, 0.29) is 36.1 Å². The molecule has 4 fully saturated rings. The number of nitrogens with zero attached hydrogens (tertiary/aromatic N) is 8. The first-order valence-electron chi connectivity index (χ1n) is 24.1. The summed E-state index contributed by atoms with van der Waals surface area (Å²) in [6.07, 6.45) is 16.3. The fourth-order valence-electron chi connectivity index (χ4n) is 12.4. The lowest BCUT2D eigenvalue weighted by atomic mass is 9.75. The molecule has 2 aromatic heterocycles. The number of carbonyl (C=O) groups is 2. The van der Waals surface area contributed by atoms with Gasteiger partial charge in [0.05, 0.1) is 46.7 Å². The molecule has 2 saturated carbocycles. The molecule has 6 aliphatic rings. The highest BCUT2D eigenvalue weighted by Crippen LogP contribution is 2.47. The molecule has 9 atom stereocenters. The van der Waals surface area contributed by atoms with Gasteiger partial charge in [0.1, 0.15) is 6.10 Å². The molecule has 2 saturated heterocycles. The molecule has 19 heteroatoms. The third kappa shape index (κ3) is 8.02. The van der Waals surface area contributed by atoms with Crippen molar-refractivity contribution in [2.75, 3.05) is 29.4 Å². The van der Waals surface area contributed by atoms with Gasteiger partial charge in [-0.15, -0.1) is 0 Å². The molecule has 354 valence electrons. The van der Waals surface area contributed by atoms with Crippen LogP contribution in [-0.2, 0) is 9.53 Å². The number of hydrazine groups is 2. The highest BCUT2D eigenvalue weighted by Gasteiger charge is 2.55. The number of piperidine rings is 2. The fraction of sp³-hybridized carbons (Fsp3) is 0.574. The molecule has 66 heavy (non-hydrogen) atoms. The summed E-state index contributed by atoms with van der Waals surface area (Å²) in [4.78, 5) is 36.8. The van der Waals surface area contributed by atoms with Crippen LogP contribution in [0.3, 0.4) is 0 Å². The van der Waals surface area contributed by atoms with Crippen molar-refractivity contribution >= 4 is 45.2 Å². The molecule has 0 spiro atoms. The number of nitrogens with two attached hydrogens (primary N) is 5. The quantitative estimate of drug-likeness (QED) is 0.111. The van der Waals surface area contributed by atoms with Crippen LogP contribution < -0.4 is 44.0 Å². The van der Waals surface area contributed by atoms with E-state index in [2.05, 4.69) is 83.4 Å². The molecule has 5 unspecified atom stereocenters. The van der Waals surface area contributed by atoms with Crippen LogP contribution in [0.15, 0.2) is 72.3 Å². The van der Waals surface area contributed by atoms with E-state index in [1.807, 2.05) is 30.5 Å². The Morgan fingerprint density at radius 2 is 1.42 bits per heavy atom. The first-order chi connectivity index (χ1) is 31.9. The lowest BCUT2D eigenvalue weighted by Gasteiger charge is -2.62. The smallest absolute Gasteiger partial charge is 0.407 e. The summed E-state index contributed by atoms with van der Waals surface area (Å²) in [5.41, 5.74) is 25.5. The van der Waals surface area contributed by atoms with Crippen molar-refractivity contribution in [1.29, 1.82) is 0 Å². The molecule has 6 heterocycles. The Balaban J connectivity index is 1.01. The first-order valence-corrected chi connectivity index (χ1v) is 24.1. The molecular formula is C47H68N16O3. The maximum atomic E-state index is 14.0. The molecule has 0 bridgehead atoms. The zero-order valence-electron chi connectivity index (χ0n) is 38.3. The molecule has 10 rings (SSSR count). The van der Waals surface area contributed by atoms with Crippen LogP contribution in [0.4, 0.5) is 16.2 Å². The Kier molecular flexibility index (Phi) is 12.1. The largest absolute Gasteiger partial charge is 0.446 e. The van der Waals surface area contributed by atoms with Crippen LogP contribution in [0.1, 0.15) is 90.9 Å².